The highest BCUT2D eigenvalue weighted by Crippen LogP contribution is 2.22. The molecule has 4 aromatic rings. The number of amides is 2. The maximum atomic E-state index is 13.3. The van der Waals surface area contributed by atoms with Gasteiger partial charge < -0.3 is 21.4 Å². The van der Waals surface area contributed by atoms with Gasteiger partial charge in [-0.25, -0.2) is 9.37 Å². The Morgan fingerprint density at radius 1 is 1.00 bits per heavy atom. The van der Waals surface area contributed by atoms with E-state index in [0.717, 1.165) is 28.8 Å². The zero-order valence-corrected chi connectivity index (χ0v) is 20.5. The predicted octanol–water partition coefficient (Wildman–Crippen LogP) is 4.83. The molecule has 3 aromatic carbocycles. The molecule has 0 bridgehead atoms. The number of hydrogen-bond donors (Lipinski definition) is 4. The molecule has 0 aliphatic heterocycles. The smallest absolute Gasteiger partial charge is 0.251 e. The van der Waals surface area contributed by atoms with Gasteiger partial charge in [-0.3, -0.25) is 9.59 Å². The van der Waals surface area contributed by atoms with Crippen molar-refractivity contribution >= 4 is 40.3 Å². The van der Waals surface area contributed by atoms with E-state index >= 15 is 0 Å². The van der Waals surface area contributed by atoms with Crippen LogP contribution in [0.4, 0.5) is 10.1 Å². The van der Waals surface area contributed by atoms with Gasteiger partial charge in [0.15, 0.2) is 0 Å². The molecule has 0 saturated heterocycles. The lowest BCUT2D eigenvalue weighted by atomic mass is 10.1. The molecule has 0 fully saturated rings. The largest absolute Gasteiger partial charge is 0.399 e. The first-order valence-corrected chi connectivity index (χ1v) is 12.7. The fourth-order valence-electron chi connectivity index (χ4n) is 3.72. The van der Waals surface area contributed by atoms with Crippen molar-refractivity contribution in [2.24, 2.45) is 0 Å². The minimum atomic E-state index is -0.394. The third-order valence-electron chi connectivity index (χ3n) is 5.64. The van der Waals surface area contributed by atoms with Crippen LogP contribution in [0.5, 0.6) is 0 Å². The summed E-state index contributed by atoms with van der Waals surface area (Å²) in [5.74, 6) is 0.271. The Labute approximate surface area is 213 Å². The van der Waals surface area contributed by atoms with E-state index in [4.69, 9.17) is 5.73 Å². The number of carbonyl (C=O) groups is 2. The third kappa shape index (κ3) is 7.08. The highest BCUT2D eigenvalue weighted by molar-refractivity contribution is 8.00. The van der Waals surface area contributed by atoms with Crippen LogP contribution in [0.15, 0.2) is 77.7 Å². The number of nitrogen functional groups attached to an aromatic ring is 1. The standard InChI is InChI=1S/C27H28FN5O2S/c28-19-10-8-18(9-11-19)27(35)33-24(26-31-22-5-1-2-6-23(22)32-26)7-3-4-16-30-25(34)17-36-21-14-12-20(29)13-15-21/h1-2,5-6,8-15,24H,3-4,7,16-17,29H2,(H,30,34)(H,31,32)(H,33,35). The fourth-order valence-corrected chi connectivity index (χ4v) is 4.45. The molecule has 1 atom stereocenters. The Balaban J connectivity index is 1.29. The van der Waals surface area contributed by atoms with Crippen LogP contribution in [0, 0.1) is 5.82 Å². The Hall–Kier alpha value is -3.85. The Morgan fingerprint density at radius 2 is 1.75 bits per heavy atom. The summed E-state index contributed by atoms with van der Waals surface area (Å²) < 4.78 is 13.3. The van der Waals surface area contributed by atoms with E-state index < -0.39 is 5.82 Å². The lowest BCUT2D eigenvalue weighted by Gasteiger charge is -2.17. The Kier molecular flexibility index (Phi) is 8.57. The van der Waals surface area contributed by atoms with Crippen molar-refractivity contribution in [1.82, 2.24) is 20.6 Å². The van der Waals surface area contributed by atoms with Gasteiger partial charge in [-0.15, -0.1) is 11.8 Å². The number of anilines is 1. The van der Waals surface area contributed by atoms with Gasteiger partial charge in [0.05, 0.1) is 22.8 Å². The number of nitrogens with two attached hydrogens (primary N) is 1. The van der Waals surface area contributed by atoms with Crippen LogP contribution in [-0.4, -0.2) is 34.1 Å². The van der Waals surface area contributed by atoms with Gasteiger partial charge in [-0.1, -0.05) is 12.1 Å². The number of nitrogens with one attached hydrogen (secondary N) is 3. The summed E-state index contributed by atoms with van der Waals surface area (Å²) in [5.41, 5.74) is 8.46. The van der Waals surface area contributed by atoms with Gasteiger partial charge in [0.1, 0.15) is 11.6 Å². The van der Waals surface area contributed by atoms with E-state index in [0.29, 0.717) is 35.8 Å². The molecule has 1 heterocycles. The van der Waals surface area contributed by atoms with E-state index in [1.54, 1.807) is 0 Å². The molecule has 36 heavy (non-hydrogen) atoms. The van der Waals surface area contributed by atoms with E-state index in [1.165, 1.54) is 36.0 Å². The van der Waals surface area contributed by atoms with Crippen LogP contribution in [0.1, 0.15) is 41.5 Å². The molecule has 2 amide bonds. The lowest BCUT2D eigenvalue weighted by Crippen LogP contribution is -2.30. The van der Waals surface area contributed by atoms with Gasteiger partial charge in [0.2, 0.25) is 5.91 Å². The summed E-state index contributed by atoms with van der Waals surface area (Å²) in [5, 5.41) is 5.96. The summed E-state index contributed by atoms with van der Waals surface area (Å²) in [6.07, 6.45) is 2.14. The predicted molar refractivity (Wildman–Crippen MR) is 141 cm³/mol. The van der Waals surface area contributed by atoms with Crippen LogP contribution >= 0.6 is 11.8 Å². The fraction of sp³-hybridized carbons (Fsp3) is 0.222. The normalized spacial score (nSPS) is 11.8. The number of H-pyrrole nitrogens is 1. The van der Waals surface area contributed by atoms with Crippen molar-refractivity contribution in [3.63, 3.8) is 0 Å². The van der Waals surface area contributed by atoms with Crippen molar-refractivity contribution in [3.8, 4) is 0 Å². The molecule has 9 heteroatoms. The summed E-state index contributed by atoms with van der Waals surface area (Å²) in [6.45, 7) is 0.542. The summed E-state index contributed by atoms with van der Waals surface area (Å²) in [6, 6.07) is 20.2. The zero-order valence-electron chi connectivity index (χ0n) is 19.7. The molecular weight excluding hydrogens is 477 g/mol. The second-order valence-electron chi connectivity index (χ2n) is 8.38. The summed E-state index contributed by atoms with van der Waals surface area (Å²) in [7, 11) is 0. The lowest BCUT2D eigenvalue weighted by molar-refractivity contribution is -0.118. The quantitative estimate of drug-likeness (QED) is 0.132. The average Bonchev–Trinajstić information content (AvgIpc) is 3.32. The van der Waals surface area contributed by atoms with Gasteiger partial charge in [-0.05, 0) is 79.9 Å². The number of fused-ring (bicyclic) bond motifs is 1. The van der Waals surface area contributed by atoms with Crippen molar-refractivity contribution < 1.29 is 14.0 Å². The molecule has 186 valence electrons. The van der Waals surface area contributed by atoms with E-state index in [2.05, 4.69) is 20.6 Å². The van der Waals surface area contributed by atoms with Gasteiger partial charge >= 0.3 is 0 Å². The number of aromatic nitrogens is 2. The minimum absolute atomic E-state index is 0.0322. The van der Waals surface area contributed by atoms with E-state index in [9.17, 15) is 14.0 Å². The second-order valence-corrected chi connectivity index (χ2v) is 9.42. The number of unbranched alkanes of at least 4 members (excludes halogenated alkanes) is 1. The number of carbonyl (C=O) groups excluding carboxylic acids is 2. The first kappa shape index (κ1) is 25.2. The highest BCUT2D eigenvalue weighted by Gasteiger charge is 2.19. The van der Waals surface area contributed by atoms with Crippen molar-refractivity contribution in [3.05, 3.63) is 90.0 Å². The molecule has 7 nitrogen and oxygen atoms in total. The number of para-hydroxylation sites is 2. The first-order valence-electron chi connectivity index (χ1n) is 11.7. The highest BCUT2D eigenvalue weighted by atomic mass is 32.2. The molecule has 4 rings (SSSR count). The molecular formula is C27H28FN5O2S. The number of thioether (sulfide) groups is 1. The monoisotopic (exact) mass is 505 g/mol. The van der Waals surface area contributed by atoms with Crippen LogP contribution in [0.25, 0.3) is 11.0 Å². The molecule has 0 saturated carbocycles. The number of benzene rings is 3. The number of nitrogens with zero attached hydrogens (tertiary/aromatic N) is 1. The number of imidazole rings is 1. The molecule has 1 aromatic heterocycles. The number of rotatable bonds is 11. The van der Waals surface area contributed by atoms with Crippen molar-refractivity contribution in [1.29, 1.82) is 0 Å². The van der Waals surface area contributed by atoms with Crippen LogP contribution in [-0.2, 0) is 4.79 Å². The van der Waals surface area contributed by atoms with Gasteiger partial charge in [0.25, 0.3) is 5.91 Å². The maximum absolute atomic E-state index is 13.3. The first-order chi connectivity index (χ1) is 17.5. The molecule has 0 aliphatic rings. The van der Waals surface area contributed by atoms with Crippen LogP contribution in [0.3, 0.4) is 0 Å². The zero-order chi connectivity index (χ0) is 25.3. The van der Waals surface area contributed by atoms with Gasteiger partial charge in [0, 0.05) is 22.7 Å². The third-order valence-corrected chi connectivity index (χ3v) is 6.65. The summed E-state index contributed by atoms with van der Waals surface area (Å²) >= 11 is 1.46. The molecule has 0 spiro atoms. The maximum Gasteiger partial charge on any atom is 0.251 e. The van der Waals surface area contributed by atoms with Crippen molar-refractivity contribution in [2.45, 2.75) is 30.2 Å². The average molecular weight is 506 g/mol. The Morgan fingerprint density at radius 3 is 2.50 bits per heavy atom. The number of hydrogen-bond acceptors (Lipinski definition) is 5. The Bertz CT molecular complexity index is 1280. The van der Waals surface area contributed by atoms with Gasteiger partial charge in [-0.2, -0.15) is 0 Å². The van der Waals surface area contributed by atoms with E-state index in [1.807, 2.05) is 48.5 Å². The SMILES string of the molecule is Nc1ccc(SCC(=O)NCCCCC(NC(=O)c2ccc(F)cc2)c2nc3ccccc3[nH]2)cc1. The molecule has 5 N–H and O–H groups in total. The molecule has 0 aliphatic carbocycles. The second kappa shape index (κ2) is 12.2. The number of aromatic amines is 1. The summed E-state index contributed by atoms with van der Waals surface area (Å²) in [4.78, 5) is 33.9. The molecule has 1 unspecified atom stereocenters. The molecule has 0 radical (unpaired) electrons. The minimum Gasteiger partial charge on any atom is -0.399 e. The number of halogens is 1. The van der Waals surface area contributed by atoms with Crippen molar-refractivity contribution in [2.75, 3.05) is 18.0 Å². The topological polar surface area (TPSA) is 113 Å². The van der Waals surface area contributed by atoms with Crippen LogP contribution < -0.4 is 16.4 Å². The van der Waals surface area contributed by atoms with Crippen LogP contribution in [0.2, 0.25) is 0 Å². The van der Waals surface area contributed by atoms with E-state index in [-0.39, 0.29) is 17.9 Å².